The molecule has 17 heavy (non-hydrogen) atoms. The molecule has 0 aliphatic carbocycles. The minimum Gasteiger partial charge on any atom is -0.444 e. The van der Waals surface area contributed by atoms with Crippen molar-refractivity contribution >= 4 is 37.1 Å². The molecule has 1 unspecified atom stereocenters. The fourth-order valence-corrected chi connectivity index (χ4v) is 1.75. The Morgan fingerprint density at radius 1 is 1.35 bits per heavy atom. The van der Waals surface area contributed by atoms with Crippen molar-refractivity contribution in [2.75, 3.05) is 12.5 Å². The number of esters is 1. The second-order valence-corrected chi connectivity index (χ2v) is 5.97. The van der Waals surface area contributed by atoms with Gasteiger partial charge in [0.05, 0.1) is 5.41 Å². The zero-order valence-corrected chi connectivity index (χ0v) is 12.3. The lowest BCUT2D eigenvalue weighted by atomic mass is 9.98. The van der Waals surface area contributed by atoms with E-state index >= 15 is 0 Å². The molecule has 4 nitrogen and oxygen atoms in total. The molecule has 1 N–H and O–H groups in total. The highest BCUT2D eigenvalue weighted by atomic mass is 32.1. The second-order valence-electron chi connectivity index (χ2n) is 4.80. The molecule has 0 heterocycles. The summed E-state index contributed by atoms with van der Waals surface area (Å²) < 4.78 is 4.91. The minimum absolute atomic E-state index is 0.00850. The smallest absolute Gasteiger partial charge is 0.312 e. The number of ether oxygens (including phenoxy) is 1. The van der Waals surface area contributed by atoms with Crippen molar-refractivity contribution in [2.24, 2.45) is 5.41 Å². The van der Waals surface area contributed by atoms with Crippen molar-refractivity contribution in [2.45, 2.75) is 38.9 Å². The van der Waals surface area contributed by atoms with Gasteiger partial charge in [0, 0.05) is 11.7 Å². The van der Waals surface area contributed by atoms with Crippen molar-refractivity contribution < 1.29 is 14.3 Å². The third kappa shape index (κ3) is 8.37. The van der Waals surface area contributed by atoms with E-state index < -0.39 is 5.41 Å². The largest absolute Gasteiger partial charge is 0.444 e. The highest BCUT2D eigenvalue weighted by Crippen LogP contribution is 2.14. The summed E-state index contributed by atoms with van der Waals surface area (Å²) in [5.74, 6) is 0.185. The van der Waals surface area contributed by atoms with Crippen LogP contribution in [0.1, 0.15) is 33.6 Å². The van der Waals surface area contributed by atoms with E-state index in [-0.39, 0.29) is 23.9 Å². The first-order valence-electron chi connectivity index (χ1n) is 5.50. The zero-order valence-electron chi connectivity index (χ0n) is 10.5. The molecular weight excluding hydrogens is 258 g/mol. The van der Waals surface area contributed by atoms with E-state index in [9.17, 15) is 9.59 Å². The standard InChI is InChI=1S/C11H21NO3S2/c1-11(2,3)10(14)15-7-12-9(13)6-8(17)4-5-16/h8,16-17H,4-7H2,1-3H3,(H,12,13). The van der Waals surface area contributed by atoms with Crippen molar-refractivity contribution in [1.82, 2.24) is 5.32 Å². The summed E-state index contributed by atoms with van der Waals surface area (Å²) in [5, 5.41) is 2.51. The van der Waals surface area contributed by atoms with Gasteiger partial charge in [-0.1, -0.05) is 0 Å². The maximum absolute atomic E-state index is 11.4. The van der Waals surface area contributed by atoms with Crippen LogP contribution >= 0.6 is 25.3 Å². The van der Waals surface area contributed by atoms with Gasteiger partial charge in [-0.15, -0.1) is 0 Å². The molecule has 6 heteroatoms. The zero-order chi connectivity index (χ0) is 13.5. The minimum atomic E-state index is -0.553. The summed E-state index contributed by atoms with van der Waals surface area (Å²) >= 11 is 8.30. The molecule has 0 saturated heterocycles. The second kappa shape index (κ2) is 7.87. The maximum atomic E-state index is 11.4. The number of hydrogen-bond donors (Lipinski definition) is 3. The summed E-state index contributed by atoms with van der Waals surface area (Å²) in [6.07, 6.45) is 1.07. The average Bonchev–Trinajstić information content (AvgIpc) is 2.16. The van der Waals surface area contributed by atoms with Crippen LogP contribution < -0.4 is 5.32 Å². The third-order valence-electron chi connectivity index (χ3n) is 1.97. The Morgan fingerprint density at radius 2 is 1.94 bits per heavy atom. The topological polar surface area (TPSA) is 55.4 Å². The third-order valence-corrected chi connectivity index (χ3v) is 2.67. The van der Waals surface area contributed by atoms with Crippen LogP contribution in [-0.4, -0.2) is 29.6 Å². The molecule has 1 amide bonds. The predicted octanol–water partition coefficient (Wildman–Crippen LogP) is 1.66. The lowest BCUT2D eigenvalue weighted by Crippen LogP contribution is -2.32. The van der Waals surface area contributed by atoms with Crippen molar-refractivity contribution in [3.05, 3.63) is 0 Å². The van der Waals surface area contributed by atoms with E-state index in [0.717, 1.165) is 6.42 Å². The van der Waals surface area contributed by atoms with Crippen LogP contribution in [0.2, 0.25) is 0 Å². The van der Waals surface area contributed by atoms with Gasteiger partial charge in [0.15, 0.2) is 6.73 Å². The molecule has 1 atom stereocenters. The Kier molecular flexibility index (Phi) is 7.70. The number of hydrogen-bond acceptors (Lipinski definition) is 5. The van der Waals surface area contributed by atoms with Crippen LogP contribution in [0.25, 0.3) is 0 Å². The Labute approximate surface area is 114 Å². The van der Waals surface area contributed by atoms with Crippen molar-refractivity contribution in [1.29, 1.82) is 0 Å². The number of thiol groups is 2. The molecule has 0 aromatic carbocycles. The molecule has 0 spiro atoms. The lowest BCUT2D eigenvalue weighted by molar-refractivity contribution is -0.154. The Bertz CT molecular complexity index is 264. The molecule has 0 aliphatic rings. The van der Waals surface area contributed by atoms with Gasteiger partial charge in [-0.25, -0.2) is 0 Å². The summed E-state index contributed by atoms with van der Waals surface area (Å²) in [7, 11) is 0. The van der Waals surface area contributed by atoms with Gasteiger partial charge >= 0.3 is 5.97 Å². The normalized spacial score (nSPS) is 13.0. The SMILES string of the molecule is CC(C)(C)C(=O)OCNC(=O)CC(S)CCS. The molecule has 0 rings (SSSR count). The maximum Gasteiger partial charge on any atom is 0.312 e. The molecule has 0 aliphatic heterocycles. The van der Waals surface area contributed by atoms with Crippen LogP contribution in [0.5, 0.6) is 0 Å². The lowest BCUT2D eigenvalue weighted by Gasteiger charge is -2.17. The van der Waals surface area contributed by atoms with Gasteiger partial charge in [-0.2, -0.15) is 25.3 Å². The first-order chi connectivity index (χ1) is 7.77. The predicted molar refractivity (Wildman–Crippen MR) is 74.4 cm³/mol. The van der Waals surface area contributed by atoms with Crippen molar-refractivity contribution in [3.63, 3.8) is 0 Å². The molecule has 0 fully saturated rings. The molecule has 0 aromatic rings. The van der Waals surface area contributed by atoms with Crippen LogP contribution in [0.3, 0.4) is 0 Å². The van der Waals surface area contributed by atoms with Gasteiger partial charge in [0.2, 0.25) is 5.91 Å². The Morgan fingerprint density at radius 3 is 2.41 bits per heavy atom. The Balaban J connectivity index is 3.76. The van der Waals surface area contributed by atoms with Crippen molar-refractivity contribution in [3.8, 4) is 0 Å². The first-order valence-corrected chi connectivity index (χ1v) is 6.65. The monoisotopic (exact) mass is 279 g/mol. The number of amides is 1. The fraction of sp³-hybridized carbons (Fsp3) is 0.818. The van der Waals surface area contributed by atoms with Crippen LogP contribution in [0.15, 0.2) is 0 Å². The Hall–Kier alpha value is -0.360. The van der Waals surface area contributed by atoms with Gasteiger partial charge in [0.1, 0.15) is 0 Å². The molecular formula is C11H21NO3S2. The summed E-state index contributed by atoms with van der Waals surface area (Å²) in [4.78, 5) is 22.8. The summed E-state index contributed by atoms with van der Waals surface area (Å²) in [5.41, 5.74) is -0.553. The molecule has 0 aromatic heterocycles. The number of nitrogens with one attached hydrogen (secondary N) is 1. The highest BCUT2D eigenvalue weighted by molar-refractivity contribution is 7.81. The van der Waals surface area contributed by atoms with E-state index in [2.05, 4.69) is 30.6 Å². The fourth-order valence-electron chi connectivity index (χ4n) is 0.936. The van der Waals surface area contributed by atoms with Crippen LogP contribution in [-0.2, 0) is 14.3 Å². The first kappa shape index (κ1) is 16.6. The number of rotatable bonds is 6. The summed E-state index contributed by atoms with van der Waals surface area (Å²) in [6.45, 7) is 5.19. The molecule has 0 radical (unpaired) electrons. The van der Waals surface area contributed by atoms with E-state index in [0.29, 0.717) is 12.2 Å². The van der Waals surface area contributed by atoms with Gasteiger partial charge in [0.25, 0.3) is 0 Å². The van der Waals surface area contributed by atoms with Gasteiger partial charge < -0.3 is 10.1 Å². The van der Waals surface area contributed by atoms with Crippen LogP contribution in [0, 0.1) is 5.41 Å². The molecule has 0 saturated carbocycles. The van der Waals surface area contributed by atoms with E-state index in [1.165, 1.54) is 0 Å². The number of carbonyl (C=O) groups is 2. The van der Waals surface area contributed by atoms with Gasteiger partial charge in [-0.3, -0.25) is 9.59 Å². The highest BCUT2D eigenvalue weighted by Gasteiger charge is 2.23. The average molecular weight is 279 g/mol. The molecule has 0 bridgehead atoms. The van der Waals surface area contributed by atoms with E-state index in [1.54, 1.807) is 20.8 Å². The van der Waals surface area contributed by atoms with Gasteiger partial charge in [-0.05, 0) is 32.9 Å². The quantitative estimate of drug-likeness (QED) is 0.394. The van der Waals surface area contributed by atoms with Crippen LogP contribution in [0.4, 0.5) is 0 Å². The number of carbonyl (C=O) groups excluding carboxylic acids is 2. The van der Waals surface area contributed by atoms with E-state index in [4.69, 9.17) is 4.74 Å². The summed E-state index contributed by atoms with van der Waals surface area (Å²) in [6, 6.07) is 0. The molecule has 100 valence electrons. The van der Waals surface area contributed by atoms with E-state index in [1.807, 2.05) is 0 Å².